The van der Waals surface area contributed by atoms with Crippen molar-refractivity contribution in [1.29, 1.82) is 0 Å². The van der Waals surface area contributed by atoms with E-state index in [1.165, 1.54) is 4.68 Å². The van der Waals surface area contributed by atoms with Crippen molar-refractivity contribution in [1.82, 2.24) is 9.78 Å². The summed E-state index contributed by atoms with van der Waals surface area (Å²) < 4.78 is 1.51. The second-order valence-electron chi connectivity index (χ2n) is 5.09. The third-order valence-electron chi connectivity index (χ3n) is 3.61. The Balaban J connectivity index is 2.04. The standard InChI is InChI=1S/C18H15ClN2O/c1-13(14-5-3-2-4-6-14)21-18(22)12-11-17(20-21)15-7-9-16(19)10-8-15/h2-13H,1H3/t13-/m0/s1. The van der Waals surface area contributed by atoms with Gasteiger partial charge in [-0.2, -0.15) is 5.10 Å². The van der Waals surface area contributed by atoms with E-state index in [2.05, 4.69) is 5.10 Å². The molecule has 1 heterocycles. The fourth-order valence-electron chi connectivity index (χ4n) is 2.35. The van der Waals surface area contributed by atoms with Crippen LogP contribution < -0.4 is 5.56 Å². The van der Waals surface area contributed by atoms with Crippen molar-refractivity contribution in [3.63, 3.8) is 0 Å². The summed E-state index contributed by atoms with van der Waals surface area (Å²) in [5.41, 5.74) is 2.61. The van der Waals surface area contributed by atoms with Crippen LogP contribution in [-0.4, -0.2) is 9.78 Å². The Hall–Kier alpha value is -2.39. The largest absolute Gasteiger partial charge is 0.268 e. The van der Waals surface area contributed by atoms with Gasteiger partial charge in [0.05, 0.1) is 11.7 Å². The van der Waals surface area contributed by atoms with E-state index in [0.717, 1.165) is 16.8 Å². The van der Waals surface area contributed by atoms with Crippen molar-refractivity contribution in [3.05, 3.63) is 87.7 Å². The molecule has 0 saturated heterocycles. The number of rotatable bonds is 3. The summed E-state index contributed by atoms with van der Waals surface area (Å²) >= 11 is 5.91. The normalized spacial score (nSPS) is 12.1. The molecule has 4 heteroatoms. The molecule has 0 aliphatic carbocycles. The predicted molar refractivity (Wildman–Crippen MR) is 89.2 cm³/mol. The Morgan fingerprint density at radius 2 is 1.64 bits per heavy atom. The number of hydrogen-bond donors (Lipinski definition) is 0. The molecule has 22 heavy (non-hydrogen) atoms. The number of hydrogen-bond acceptors (Lipinski definition) is 2. The van der Waals surface area contributed by atoms with Crippen molar-refractivity contribution in [2.75, 3.05) is 0 Å². The van der Waals surface area contributed by atoms with E-state index in [1.54, 1.807) is 12.1 Å². The lowest BCUT2D eigenvalue weighted by Crippen LogP contribution is -2.26. The van der Waals surface area contributed by atoms with Crippen molar-refractivity contribution in [2.45, 2.75) is 13.0 Å². The minimum absolute atomic E-state index is 0.117. The quantitative estimate of drug-likeness (QED) is 0.727. The topological polar surface area (TPSA) is 34.9 Å². The summed E-state index contributed by atoms with van der Waals surface area (Å²) in [7, 11) is 0. The van der Waals surface area contributed by atoms with Crippen LogP contribution in [0.1, 0.15) is 18.5 Å². The van der Waals surface area contributed by atoms with Gasteiger partial charge in [0.1, 0.15) is 0 Å². The van der Waals surface area contributed by atoms with Crippen molar-refractivity contribution >= 4 is 11.6 Å². The van der Waals surface area contributed by atoms with Crippen LogP contribution in [0.2, 0.25) is 5.02 Å². The Morgan fingerprint density at radius 1 is 0.955 bits per heavy atom. The summed E-state index contributed by atoms with van der Waals surface area (Å²) in [5.74, 6) is 0. The van der Waals surface area contributed by atoms with Gasteiger partial charge in [-0.3, -0.25) is 4.79 Å². The molecule has 0 saturated carbocycles. The van der Waals surface area contributed by atoms with Gasteiger partial charge < -0.3 is 0 Å². The van der Waals surface area contributed by atoms with Gasteiger partial charge in [-0.05, 0) is 30.7 Å². The van der Waals surface area contributed by atoms with Crippen LogP contribution in [0.5, 0.6) is 0 Å². The third kappa shape index (κ3) is 2.95. The molecule has 0 bridgehead atoms. The molecule has 3 nitrogen and oxygen atoms in total. The molecule has 3 aromatic rings. The fourth-order valence-corrected chi connectivity index (χ4v) is 2.48. The lowest BCUT2D eigenvalue weighted by Gasteiger charge is -2.15. The number of nitrogens with zero attached hydrogens (tertiary/aromatic N) is 2. The van der Waals surface area contributed by atoms with E-state index in [4.69, 9.17) is 11.6 Å². The van der Waals surface area contributed by atoms with Crippen LogP contribution >= 0.6 is 11.6 Å². The molecule has 0 unspecified atom stereocenters. The van der Waals surface area contributed by atoms with Gasteiger partial charge in [-0.25, -0.2) is 4.68 Å². The molecular weight excluding hydrogens is 296 g/mol. The van der Waals surface area contributed by atoms with Gasteiger partial charge in [0.2, 0.25) is 0 Å². The SMILES string of the molecule is C[C@@H](c1ccccc1)n1nc(-c2ccc(Cl)cc2)ccc1=O. The van der Waals surface area contributed by atoms with E-state index in [-0.39, 0.29) is 11.6 Å². The van der Waals surface area contributed by atoms with Crippen LogP contribution in [0.15, 0.2) is 71.5 Å². The number of benzene rings is 2. The highest BCUT2D eigenvalue weighted by atomic mass is 35.5. The van der Waals surface area contributed by atoms with Crippen molar-refractivity contribution in [3.8, 4) is 11.3 Å². The first-order valence-corrected chi connectivity index (χ1v) is 7.44. The zero-order valence-corrected chi connectivity index (χ0v) is 12.9. The van der Waals surface area contributed by atoms with Crippen molar-refractivity contribution < 1.29 is 0 Å². The highest BCUT2D eigenvalue weighted by Crippen LogP contribution is 2.20. The maximum Gasteiger partial charge on any atom is 0.267 e. The summed E-state index contributed by atoms with van der Waals surface area (Å²) in [6.07, 6.45) is 0. The monoisotopic (exact) mass is 310 g/mol. The molecule has 0 N–H and O–H groups in total. The smallest absolute Gasteiger partial charge is 0.267 e. The molecule has 0 aliphatic rings. The fraction of sp³-hybridized carbons (Fsp3) is 0.111. The Bertz CT molecular complexity index is 826. The van der Waals surface area contributed by atoms with Crippen LogP contribution in [-0.2, 0) is 0 Å². The van der Waals surface area contributed by atoms with Gasteiger partial charge >= 0.3 is 0 Å². The number of aromatic nitrogens is 2. The molecule has 1 atom stereocenters. The summed E-state index contributed by atoms with van der Waals surface area (Å²) in [5, 5.41) is 5.19. The average molecular weight is 311 g/mol. The Kier molecular flexibility index (Phi) is 4.07. The summed E-state index contributed by atoms with van der Waals surface area (Å²) in [6, 6.07) is 20.4. The third-order valence-corrected chi connectivity index (χ3v) is 3.87. The second-order valence-corrected chi connectivity index (χ2v) is 5.53. The maximum absolute atomic E-state index is 12.2. The lowest BCUT2D eigenvalue weighted by molar-refractivity contribution is 0.534. The zero-order valence-electron chi connectivity index (χ0n) is 12.1. The Morgan fingerprint density at radius 3 is 2.32 bits per heavy atom. The minimum Gasteiger partial charge on any atom is -0.268 e. The van der Waals surface area contributed by atoms with Gasteiger partial charge in [-0.15, -0.1) is 0 Å². The van der Waals surface area contributed by atoms with E-state index in [1.807, 2.05) is 61.5 Å². The van der Waals surface area contributed by atoms with E-state index in [9.17, 15) is 4.79 Å². The van der Waals surface area contributed by atoms with E-state index in [0.29, 0.717) is 5.02 Å². The van der Waals surface area contributed by atoms with Crippen molar-refractivity contribution in [2.24, 2.45) is 0 Å². The molecule has 1 aromatic heterocycles. The Labute approximate surface area is 133 Å². The lowest BCUT2D eigenvalue weighted by atomic mass is 10.1. The van der Waals surface area contributed by atoms with Gasteiger partial charge in [-0.1, -0.05) is 54.1 Å². The minimum atomic E-state index is -0.124. The first kappa shape index (κ1) is 14.5. The predicted octanol–water partition coefficient (Wildman–Crippen LogP) is 4.17. The molecule has 110 valence electrons. The molecule has 0 amide bonds. The second kappa shape index (κ2) is 6.16. The molecule has 2 aromatic carbocycles. The van der Waals surface area contributed by atoms with Crippen LogP contribution in [0.3, 0.4) is 0 Å². The van der Waals surface area contributed by atoms with Gasteiger partial charge in [0, 0.05) is 16.7 Å². The van der Waals surface area contributed by atoms with Crippen LogP contribution in [0, 0.1) is 0 Å². The first-order chi connectivity index (χ1) is 10.6. The summed E-state index contributed by atoms with van der Waals surface area (Å²) in [6.45, 7) is 1.97. The molecule has 0 radical (unpaired) electrons. The molecule has 0 spiro atoms. The van der Waals surface area contributed by atoms with Gasteiger partial charge in [0.15, 0.2) is 0 Å². The van der Waals surface area contributed by atoms with E-state index < -0.39 is 0 Å². The maximum atomic E-state index is 12.2. The van der Waals surface area contributed by atoms with Gasteiger partial charge in [0.25, 0.3) is 5.56 Å². The number of halogens is 1. The zero-order chi connectivity index (χ0) is 15.5. The molecule has 0 fully saturated rings. The summed E-state index contributed by atoms with van der Waals surface area (Å²) in [4.78, 5) is 12.2. The highest BCUT2D eigenvalue weighted by Gasteiger charge is 2.11. The van der Waals surface area contributed by atoms with Crippen LogP contribution in [0.25, 0.3) is 11.3 Å². The first-order valence-electron chi connectivity index (χ1n) is 7.06. The average Bonchev–Trinajstić information content (AvgIpc) is 2.56. The van der Waals surface area contributed by atoms with Crippen LogP contribution in [0.4, 0.5) is 0 Å². The van der Waals surface area contributed by atoms with E-state index >= 15 is 0 Å². The molecule has 3 rings (SSSR count). The molecule has 0 aliphatic heterocycles. The highest BCUT2D eigenvalue weighted by molar-refractivity contribution is 6.30. The molecular formula is C18H15ClN2O.